The van der Waals surface area contributed by atoms with Crippen molar-refractivity contribution >= 4 is 21.4 Å². The summed E-state index contributed by atoms with van der Waals surface area (Å²) in [5.74, 6) is 0.228. The van der Waals surface area contributed by atoms with Crippen molar-refractivity contribution in [2.24, 2.45) is 5.92 Å². The summed E-state index contributed by atoms with van der Waals surface area (Å²) in [6.07, 6.45) is 3.78. The van der Waals surface area contributed by atoms with E-state index in [4.69, 9.17) is 5.11 Å². The molecule has 1 heterocycles. The van der Waals surface area contributed by atoms with E-state index in [1.54, 1.807) is 6.92 Å². The Bertz CT molecular complexity index is 483. The molecule has 2 rings (SSSR count). The molecule has 0 aromatic carbocycles. The fraction of sp³-hybridized carbons (Fsp3) is 0.700. The number of aryl methyl sites for hydroxylation is 1. The number of thiazole rings is 1. The number of rotatable bonds is 4. The van der Waals surface area contributed by atoms with E-state index < -0.39 is 10.0 Å². The summed E-state index contributed by atoms with van der Waals surface area (Å²) in [6.45, 7) is 1.92. The first-order valence-electron chi connectivity index (χ1n) is 5.57. The van der Waals surface area contributed by atoms with Crippen molar-refractivity contribution in [3.05, 3.63) is 11.2 Å². The van der Waals surface area contributed by atoms with Gasteiger partial charge in [-0.1, -0.05) is 0 Å². The van der Waals surface area contributed by atoms with Gasteiger partial charge in [0.15, 0.2) is 4.21 Å². The Balaban J connectivity index is 2.03. The number of aliphatic hydroxyl groups is 1. The number of aromatic nitrogens is 1. The molecule has 96 valence electrons. The lowest BCUT2D eigenvalue weighted by Gasteiger charge is -2.11. The van der Waals surface area contributed by atoms with Crippen LogP contribution in [-0.4, -0.2) is 31.2 Å². The molecule has 0 spiro atoms. The third kappa shape index (κ3) is 3.04. The topological polar surface area (TPSA) is 79.3 Å². The average Bonchev–Trinajstić information content (AvgIpc) is 2.86. The minimum absolute atomic E-state index is 0.0560. The van der Waals surface area contributed by atoms with Gasteiger partial charge in [-0.2, -0.15) is 0 Å². The largest absolute Gasteiger partial charge is 0.396 e. The predicted octanol–water partition coefficient (Wildman–Crippen LogP) is 0.891. The Morgan fingerprint density at radius 1 is 1.59 bits per heavy atom. The molecule has 0 amide bonds. The van der Waals surface area contributed by atoms with E-state index in [2.05, 4.69) is 9.71 Å². The van der Waals surface area contributed by atoms with Gasteiger partial charge in [-0.05, 0) is 32.1 Å². The Labute approximate surface area is 105 Å². The highest BCUT2D eigenvalue weighted by atomic mass is 32.2. The number of aliphatic hydroxyl groups excluding tert-OH is 1. The molecule has 0 saturated heterocycles. The van der Waals surface area contributed by atoms with Crippen LogP contribution < -0.4 is 4.72 Å². The molecule has 0 aliphatic heterocycles. The van der Waals surface area contributed by atoms with Gasteiger partial charge in [-0.15, -0.1) is 11.3 Å². The molecule has 0 bridgehead atoms. The Morgan fingerprint density at radius 2 is 2.35 bits per heavy atom. The van der Waals surface area contributed by atoms with Gasteiger partial charge in [0.25, 0.3) is 10.0 Å². The number of sulfonamides is 1. The van der Waals surface area contributed by atoms with E-state index in [1.165, 1.54) is 17.5 Å². The van der Waals surface area contributed by atoms with Crippen molar-refractivity contribution in [3.63, 3.8) is 0 Å². The molecule has 17 heavy (non-hydrogen) atoms. The van der Waals surface area contributed by atoms with Crippen LogP contribution in [0, 0.1) is 12.8 Å². The van der Waals surface area contributed by atoms with Crippen LogP contribution in [0.4, 0.5) is 0 Å². The van der Waals surface area contributed by atoms with Crippen LogP contribution in [0.1, 0.15) is 24.3 Å². The van der Waals surface area contributed by atoms with Crippen LogP contribution in [0.5, 0.6) is 0 Å². The molecule has 7 heteroatoms. The highest BCUT2D eigenvalue weighted by Crippen LogP contribution is 2.27. The first-order valence-corrected chi connectivity index (χ1v) is 7.87. The molecule has 1 saturated carbocycles. The smallest absolute Gasteiger partial charge is 0.251 e. The normalized spacial score (nSPS) is 25.3. The van der Waals surface area contributed by atoms with E-state index in [1.807, 2.05) is 0 Å². The maximum Gasteiger partial charge on any atom is 0.251 e. The third-order valence-electron chi connectivity index (χ3n) is 2.99. The molecule has 1 aliphatic carbocycles. The fourth-order valence-corrected chi connectivity index (χ4v) is 4.50. The number of hydrogen-bond acceptors (Lipinski definition) is 5. The third-order valence-corrected chi connectivity index (χ3v) is 5.88. The summed E-state index contributed by atoms with van der Waals surface area (Å²) in [4.78, 5) is 3.95. The summed E-state index contributed by atoms with van der Waals surface area (Å²) in [7, 11) is -3.43. The lowest BCUT2D eigenvalue weighted by atomic mass is 10.1. The van der Waals surface area contributed by atoms with Crippen molar-refractivity contribution in [3.8, 4) is 0 Å². The van der Waals surface area contributed by atoms with Gasteiger partial charge in [-0.25, -0.2) is 18.1 Å². The van der Waals surface area contributed by atoms with Crippen LogP contribution in [0.15, 0.2) is 10.4 Å². The van der Waals surface area contributed by atoms with E-state index in [9.17, 15) is 8.42 Å². The second-order valence-corrected chi connectivity index (χ2v) is 7.55. The molecule has 0 unspecified atom stereocenters. The SMILES string of the molecule is Cc1ncc(S(=O)(=O)N[C@H]2CC[C@@H](CO)C2)s1. The second-order valence-electron chi connectivity index (χ2n) is 4.38. The van der Waals surface area contributed by atoms with Gasteiger partial charge in [0.2, 0.25) is 0 Å². The van der Waals surface area contributed by atoms with Crippen LogP contribution in [0.3, 0.4) is 0 Å². The standard InChI is InChI=1S/C10H16N2O3S2/c1-7-11-5-10(16-7)17(14,15)12-9-3-2-8(4-9)6-13/h5,8-9,12-13H,2-4,6H2,1H3/t8-,9+/m1/s1. The van der Waals surface area contributed by atoms with Crippen LogP contribution in [0.25, 0.3) is 0 Å². The summed E-state index contributed by atoms with van der Waals surface area (Å²) in [6, 6.07) is -0.0560. The summed E-state index contributed by atoms with van der Waals surface area (Å²) in [5, 5.41) is 9.76. The first-order chi connectivity index (χ1) is 8.01. The molecule has 0 radical (unpaired) electrons. The summed E-state index contributed by atoms with van der Waals surface area (Å²) >= 11 is 1.17. The number of hydrogen-bond donors (Lipinski definition) is 2. The minimum atomic E-state index is -3.43. The van der Waals surface area contributed by atoms with Crippen molar-refractivity contribution in [2.75, 3.05) is 6.61 Å². The number of nitrogens with zero attached hydrogens (tertiary/aromatic N) is 1. The lowest BCUT2D eigenvalue weighted by Crippen LogP contribution is -2.32. The predicted molar refractivity (Wildman–Crippen MR) is 65.4 cm³/mol. The van der Waals surface area contributed by atoms with Crippen LogP contribution in [-0.2, 0) is 10.0 Å². The first kappa shape index (κ1) is 12.9. The minimum Gasteiger partial charge on any atom is -0.396 e. The maximum absolute atomic E-state index is 12.0. The lowest BCUT2D eigenvalue weighted by molar-refractivity contribution is 0.228. The fourth-order valence-electron chi connectivity index (χ4n) is 2.09. The molecule has 1 aromatic rings. The second kappa shape index (κ2) is 5.01. The van der Waals surface area contributed by atoms with Gasteiger partial charge in [0.05, 0.1) is 11.2 Å². The van der Waals surface area contributed by atoms with E-state index in [0.29, 0.717) is 6.42 Å². The van der Waals surface area contributed by atoms with Crippen molar-refractivity contribution in [1.82, 2.24) is 9.71 Å². The molecule has 1 fully saturated rings. The molecule has 2 atom stereocenters. The van der Waals surface area contributed by atoms with Crippen LogP contribution in [0.2, 0.25) is 0 Å². The van der Waals surface area contributed by atoms with E-state index in [0.717, 1.165) is 17.8 Å². The average molecular weight is 276 g/mol. The van der Waals surface area contributed by atoms with Gasteiger partial charge in [0, 0.05) is 12.6 Å². The van der Waals surface area contributed by atoms with E-state index in [-0.39, 0.29) is 22.8 Å². The molecular weight excluding hydrogens is 260 g/mol. The number of nitrogens with one attached hydrogen (secondary N) is 1. The molecule has 1 aliphatic rings. The quantitative estimate of drug-likeness (QED) is 0.856. The Morgan fingerprint density at radius 3 is 2.88 bits per heavy atom. The van der Waals surface area contributed by atoms with Gasteiger partial charge < -0.3 is 5.11 Å². The maximum atomic E-state index is 12.0. The highest BCUT2D eigenvalue weighted by molar-refractivity contribution is 7.91. The van der Waals surface area contributed by atoms with Gasteiger partial charge in [0.1, 0.15) is 0 Å². The van der Waals surface area contributed by atoms with Gasteiger partial charge >= 0.3 is 0 Å². The Hall–Kier alpha value is -0.500. The van der Waals surface area contributed by atoms with Crippen molar-refractivity contribution < 1.29 is 13.5 Å². The van der Waals surface area contributed by atoms with Gasteiger partial charge in [-0.3, -0.25) is 0 Å². The Kier molecular flexibility index (Phi) is 3.82. The van der Waals surface area contributed by atoms with Crippen LogP contribution >= 0.6 is 11.3 Å². The zero-order chi connectivity index (χ0) is 12.5. The molecule has 5 nitrogen and oxygen atoms in total. The molecular formula is C10H16N2O3S2. The summed E-state index contributed by atoms with van der Waals surface area (Å²) in [5.41, 5.74) is 0. The zero-order valence-electron chi connectivity index (χ0n) is 9.59. The van der Waals surface area contributed by atoms with Crippen molar-refractivity contribution in [2.45, 2.75) is 36.4 Å². The monoisotopic (exact) mass is 276 g/mol. The zero-order valence-corrected chi connectivity index (χ0v) is 11.2. The highest BCUT2D eigenvalue weighted by Gasteiger charge is 2.29. The summed E-state index contributed by atoms with van der Waals surface area (Å²) < 4.78 is 26.9. The van der Waals surface area contributed by atoms with Crippen molar-refractivity contribution in [1.29, 1.82) is 0 Å². The molecule has 2 N–H and O–H groups in total. The van der Waals surface area contributed by atoms with E-state index >= 15 is 0 Å². The molecule has 1 aromatic heterocycles.